The summed E-state index contributed by atoms with van der Waals surface area (Å²) in [5.74, 6) is -0.861. The van der Waals surface area contributed by atoms with E-state index in [4.69, 9.17) is 15.1 Å². The van der Waals surface area contributed by atoms with E-state index in [1.165, 1.54) is 19.2 Å². The van der Waals surface area contributed by atoms with Crippen LogP contribution >= 0.6 is 12.6 Å². The van der Waals surface area contributed by atoms with Crippen molar-refractivity contribution in [3.63, 3.8) is 0 Å². The fourth-order valence-electron chi connectivity index (χ4n) is 0.996. The lowest BCUT2D eigenvalue weighted by Crippen LogP contribution is -2.00. The lowest BCUT2D eigenvalue weighted by atomic mass is 10.1. The van der Waals surface area contributed by atoms with Crippen LogP contribution < -0.4 is 4.74 Å². The predicted molar refractivity (Wildman–Crippen MR) is 51.9 cm³/mol. The van der Waals surface area contributed by atoms with Crippen molar-refractivity contribution < 1.29 is 14.6 Å². The molecule has 0 spiro atoms. The third kappa shape index (κ3) is 1.80. The van der Waals surface area contributed by atoms with Gasteiger partial charge in [0.15, 0.2) is 0 Å². The van der Waals surface area contributed by atoms with Gasteiger partial charge in [-0.15, -0.1) is 12.6 Å². The third-order valence-electron chi connectivity index (χ3n) is 1.67. The molecule has 0 aliphatic carbocycles. The van der Waals surface area contributed by atoms with Gasteiger partial charge in [0.25, 0.3) is 0 Å². The summed E-state index contributed by atoms with van der Waals surface area (Å²) in [6.07, 6.45) is 0. The smallest absolute Gasteiger partial charge is 0.336 e. The van der Waals surface area contributed by atoms with Crippen molar-refractivity contribution in [2.75, 3.05) is 7.11 Å². The molecule has 14 heavy (non-hydrogen) atoms. The Labute approximate surface area is 86.1 Å². The molecule has 0 aliphatic rings. The molecule has 1 N–H and O–H groups in total. The summed E-state index contributed by atoms with van der Waals surface area (Å²) in [7, 11) is 1.37. The van der Waals surface area contributed by atoms with Crippen molar-refractivity contribution in [2.24, 2.45) is 0 Å². The molecule has 5 heteroatoms. The zero-order chi connectivity index (χ0) is 10.7. The number of carbonyl (C=O) groups is 1. The molecule has 0 unspecified atom stereocenters. The first kappa shape index (κ1) is 10.4. The second kappa shape index (κ2) is 4.03. The number of benzene rings is 1. The molecule has 1 aromatic carbocycles. The van der Waals surface area contributed by atoms with Gasteiger partial charge in [0.05, 0.1) is 18.2 Å². The summed E-state index contributed by atoms with van der Waals surface area (Å²) in [4.78, 5) is 10.9. The molecule has 1 rings (SSSR count). The Morgan fingerprint density at radius 1 is 1.64 bits per heavy atom. The number of hydrogen-bond acceptors (Lipinski definition) is 4. The summed E-state index contributed by atoms with van der Waals surface area (Å²) in [6, 6.07) is 4.53. The summed E-state index contributed by atoms with van der Waals surface area (Å²) in [5.41, 5.74) is 0.284. The molecule has 0 saturated carbocycles. The maximum Gasteiger partial charge on any atom is 0.336 e. The van der Waals surface area contributed by atoms with Crippen molar-refractivity contribution in [1.82, 2.24) is 0 Å². The summed E-state index contributed by atoms with van der Waals surface area (Å²) >= 11 is 3.96. The van der Waals surface area contributed by atoms with E-state index >= 15 is 0 Å². The Balaban J connectivity index is 3.39. The molecule has 0 bridgehead atoms. The Kier molecular flexibility index (Phi) is 2.99. The highest BCUT2D eigenvalue weighted by atomic mass is 32.1. The maximum atomic E-state index is 10.7. The van der Waals surface area contributed by atoms with E-state index in [-0.39, 0.29) is 21.8 Å². The molecule has 0 aromatic heterocycles. The number of nitrogens with zero attached hydrogens (tertiary/aromatic N) is 1. The Hall–Kier alpha value is -1.67. The van der Waals surface area contributed by atoms with Crippen LogP contribution in [0.5, 0.6) is 5.75 Å². The maximum absolute atomic E-state index is 10.7. The quantitative estimate of drug-likeness (QED) is 0.725. The molecule has 1 aromatic rings. The van der Waals surface area contributed by atoms with Crippen LogP contribution in [0.4, 0.5) is 0 Å². The first-order valence-electron chi connectivity index (χ1n) is 3.64. The van der Waals surface area contributed by atoms with Gasteiger partial charge in [-0.3, -0.25) is 0 Å². The van der Waals surface area contributed by atoms with Crippen LogP contribution in [0.1, 0.15) is 15.9 Å². The minimum atomic E-state index is -1.10. The van der Waals surface area contributed by atoms with E-state index in [9.17, 15) is 4.79 Å². The van der Waals surface area contributed by atoms with Gasteiger partial charge in [-0.05, 0) is 12.1 Å². The van der Waals surface area contributed by atoms with Crippen LogP contribution in [-0.2, 0) is 0 Å². The van der Waals surface area contributed by atoms with Gasteiger partial charge in [0, 0.05) is 4.90 Å². The van der Waals surface area contributed by atoms with E-state index < -0.39 is 5.97 Å². The number of thiol groups is 1. The van der Waals surface area contributed by atoms with Gasteiger partial charge in [0.1, 0.15) is 11.8 Å². The molecule has 0 amide bonds. The van der Waals surface area contributed by atoms with Gasteiger partial charge >= 0.3 is 5.97 Å². The van der Waals surface area contributed by atoms with Crippen LogP contribution in [0.15, 0.2) is 17.0 Å². The molecular weight excluding hydrogens is 202 g/mol. The zero-order valence-corrected chi connectivity index (χ0v) is 8.21. The number of aromatic carboxylic acids is 1. The van der Waals surface area contributed by atoms with Crippen LogP contribution in [0, 0.1) is 11.3 Å². The third-order valence-corrected chi connectivity index (χ3v) is 2.04. The van der Waals surface area contributed by atoms with Crippen molar-refractivity contribution in [3.8, 4) is 11.8 Å². The molecule has 0 aliphatic heterocycles. The number of carboxylic acids is 1. The normalized spacial score (nSPS) is 9.21. The number of methoxy groups -OCH3 is 1. The van der Waals surface area contributed by atoms with Crippen LogP contribution in [0.25, 0.3) is 0 Å². The van der Waals surface area contributed by atoms with E-state index in [1.54, 1.807) is 0 Å². The first-order chi connectivity index (χ1) is 6.60. The second-order valence-electron chi connectivity index (χ2n) is 2.49. The van der Waals surface area contributed by atoms with Crippen LogP contribution in [0.3, 0.4) is 0 Å². The standard InChI is InChI=1S/C9H7NO3S/c1-13-7-3-6(9(11)12)8(14)2-5(7)4-10/h2-3,14H,1H3,(H,11,12). The SMILES string of the molecule is COc1cc(C(=O)O)c(S)cc1C#N. The predicted octanol–water partition coefficient (Wildman–Crippen LogP) is 1.55. The summed E-state index contributed by atoms with van der Waals surface area (Å²) < 4.78 is 4.86. The van der Waals surface area contributed by atoms with Gasteiger partial charge in [-0.1, -0.05) is 0 Å². The van der Waals surface area contributed by atoms with Crippen LogP contribution in [-0.4, -0.2) is 18.2 Å². The Bertz CT molecular complexity index is 423. The number of rotatable bonds is 2. The van der Waals surface area contributed by atoms with Gasteiger partial charge in [-0.25, -0.2) is 4.79 Å². The highest BCUT2D eigenvalue weighted by molar-refractivity contribution is 7.80. The average Bonchev–Trinajstić information content (AvgIpc) is 2.16. The number of hydrogen-bond donors (Lipinski definition) is 2. The molecule has 4 nitrogen and oxygen atoms in total. The largest absolute Gasteiger partial charge is 0.495 e. The highest BCUT2D eigenvalue weighted by Crippen LogP contribution is 2.25. The summed E-state index contributed by atoms with van der Waals surface area (Å²) in [6.45, 7) is 0. The average molecular weight is 209 g/mol. The van der Waals surface area contributed by atoms with Gasteiger partial charge < -0.3 is 9.84 Å². The van der Waals surface area contributed by atoms with E-state index in [1.807, 2.05) is 6.07 Å². The lowest BCUT2D eigenvalue weighted by Gasteiger charge is -2.05. The number of carboxylic acid groups (broad SMARTS) is 1. The van der Waals surface area contributed by atoms with Crippen molar-refractivity contribution in [2.45, 2.75) is 4.90 Å². The fourth-order valence-corrected chi connectivity index (χ4v) is 1.29. The molecular formula is C9H7NO3S. The molecule has 0 heterocycles. The van der Waals surface area contributed by atoms with Gasteiger partial charge in [-0.2, -0.15) is 5.26 Å². The van der Waals surface area contributed by atoms with Crippen molar-refractivity contribution in [3.05, 3.63) is 23.3 Å². The number of ether oxygens (including phenoxy) is 1. The molecule has 0 saturated heterocycles. The minimum absolute atomic E-state index is 0.0178. The lowest BCUT2D eigenvalue weighted by molar-refractivity contribution is 0.0693. The minimum Gasteiger partial charge on any atom is -0.495 e. The zero-order valence-electron chi connectivity index (χ0n) is 7.31. The van der Waals surface area contributed by atoms with E-state index in [0.717, 1.165) is 0 Å². The topological polar surface area (TPSA) is 70.3 Å². The van der Waals surface area contributed by atoms with Crippen molar-refractivity contribution >= 4 is 18.6 Å². The Morgan fingerprint density at radius 2 is 2.29 bits per heavy atom. The second-order valence-corrected chi connectivity index (χ2v) is 2.97. The van der Waals surface area contributed by atoms with Crippen LogP contribution in [0.2, 0.25) is 0 Å². The molecule has 0 fully saturated rings. The molecule has 0 radical (unpaired) electrons. The van der Waals surface area contributed by atoms with Crippen molar-refractivity contribution in [1.29, 1.82) is 5.26 Å². The highest BCUT2D eigenvalue weighted by Gasteiger charge is 2.12. The van der Waals surface area contributed by atoms with E-state index in [2.05, 4.69) is 12.6 Å². The van der Waals surface area contributed by atoms with Gasteiger partial charge in [0.2, 0.25) is 0 Å². The monoisotopic (exact) mass is 209 g/mol. The molecule has 72 valence electrons. The fraction of sp³-hybridized carbons (Fsp3) is 0.111. The first-order valence-corrected chi connectivity index (χ1v) is 4.09. The number of nitriles is 1. The summed E-state index contributed by atoms with van der Waals surface area (Å²) in [5, 5.41) is 17.5. The Morgan fingerprint density at radius 3 is 2.71 bits per heavy atom. The van der Waals surface area contributed by atoms with E-state index in [0.29, 0.717) is 0 Å². The molecule has 0 atom stereocenters.